The lowest BCUT2D eigenvalue weighted by atomic mass is 10.00. The van der Waals surface area contributed by atoms with Gasteiger partial charge in [0, 0.05) is 42.8 Å². The van der Waals surface area contributed by atoms with Gasteiger partial charge in [0.05, 0.1) is 24.6 Å². The number of hydroxylamine groups is 1. The van der Waals surface area contributed by atoms with Gasteiger partial charge < -0.3 is 19.6 Å². The Labute approximate surface area is 230 Å². The fourth-order valence-electron chi connectivity index (χ4n) is 4.72. The largest absolute Gasteiger partial charge is 0.619 e. The number of nitrogens with zero attached hydrogens (tertiary/aromatic N) is 3. The van der Waals surface area contributed by atoms with E-state index in [1.54, 1.807) is 5.48 Å². The molecule has 0 bridgehead atoms. The molecule has 3 heterocycles. The van der Waals surface area contributed by atoms with E-state index in [9.17, 15) is 15.2 Å². The topological polar surface area (TPSA) is 111 Å². The van der Waals surface area contributed by atoms with Crippen molar-refractivity contribution in [2.75, 3.05) is 44.9 Å². The number of carbonyl (C=O) groups is 1. The van der Waals surface area contributed by atoms with E-state index in [-0.39, 0.29) is 16.7 Å². The van der Waals surface area contributed by atoms with Crippen LogP contribution in [0.1, 0.15) is 16.8 Å². The maximum absolute atomic E-state index is 12.5. The molecular formula is C29H30N4O5S. The van der Waals surface area contributed by atoms with Crippen LogP contribution in [0.25, 0.3) is 33.3 Å². The first kappa shape index (κ1) is 26.7. The highest BCUT2D eigenvalue weighted by atomic mass is 32.2. The molecule has 0 radical (unpaired) electrons. The predicted octanol–water partition coefficient (Wildman–Crippen LogP) is 4.15. The molecule has 1 amide bonds. The van der Waals surface area contributed by atoms with Crippen molar-refractivity contribution in [2.24, 2.45) is 0 Å². The summed E-state index contributed by atoms with van der Waals surface area (Å²) in [6.45, 7) is 4.11. The van der Waals surface area contributed by atoms with E-state index in [4.69, 9.17) is 9.47 Å². The highest BCUT2D eigenvalue weighted by Gasteiger charge is 2.24. The Balaban J connectivity index is 1.32. The highest BCUT2D eigenvalue weighted by molar-refractivity contribution is 7.99. The molecule has 9 nitrogen and oxygen atoms in total. The van der Waals surface area contributed by atoms with Gasteiger partial charge in [-0.15, -0.1) is 0 Å². The van der Waals surface area contributed by atoms with Crippen LogP contribution in [0.5, 0.6) is 11.5 Å². The van der Waals surface area contributed by atoms with Gasteiger partial charge in [-0.2, -0.15) is 16.5 Å². The Morgan fingerprint density at radius 2 is 1.74 bits per heavy atom. The molecule has 2 N–H and O–H groups in total. The van der Waals surface area contributed by atoms with E-state index in [0.29, 0.717) is 22.5 Å². The summed E-state index contributed by atoms with van der Waals surface area (Å²) < 4.78 is 12.1. The SMILES string of the molecule is COc1c(-c2ccc(-c3ccc(OCCCN4CCSCC4)cc3)cc2)nc2cc[n+]([O-])cc2c1C(=O)NO. The van der Waals surface area contributed by atoms with E-state index in [0.717, 1.165) is 35.4 Å². The van der Waals surface area contributed by atoms with Gasteiger partial charge >= 0.3 is 0 Å². The number of pyridine rings is 2. The van der Waals surface area contributed by atoms with Gasteiger partial charge in [0.2, 0.25) is 0 Å². The first-order valence-corrected chi connectivity index (χ1v) is 13.9. The maximum atomic E-state index is 12.5. The standard InChI is InChI=1S/C29H30N4O5S/c1-37-28-26(29(34)31-35)24-19-33(36)13-11-25(24)30-27(28)22-5-3-20(4-6-22)21-7-9-23(10-8-21)38-16-2-12-32-14-17-39-18-15-32/h3-11,13,19,35H,2,12,14-18H2,1H3,(H,31,34). The number of thioether (sulfide) groups is 1. The van der Waals surface area contributed by atoms with Crippen molar-refractivity contribution in [1.29, 1.82) is 0 Å². The fraction of sp³-hybridized carbons (Fsp3) is 0.276. The molecule has 0 atom stereocenters. The van der Waals surface area contributed by atoms with Gasteiger partial charge in [0.15, 0.2) is 18.1 Å². The number of hydrogen-bond donors (Lipinski definition) is 2. The van der Waals surface area contributed by atoms with Gasteiger partial charge in [-0.3, -0.25) is 10.0 Å². The summed E-state index contributed by atoms with van der Waals surface area (Å²) >= 11 is 2.02. The van der Waals surface area contributed by atoms with Crippen molar-refractivity contribution < 1.29 is 24.2 Å². The quantitative estimate of drug-likeness (QED) is 0.106. The van der Waals surface area contributed by atoms with Crippen LogP contribution in [-0.2, 0) is 0 Å². The van der Waals surface area contributed by atoms with E-state index < -0.39 is 5.91 Å². The lowest BCUT2D eigenvalue weighted by Crippen LogP contribution is -2.33. The van der Waals surface area contributed by atoms with Crippen LogP contribution in [0.15, 0.2) is 67.0 Å². The summed E-state index contributed by atoms with van der Waals surface area (Å²) in [5, 5.41) is 21.5. The zero-order valence-corrected chi connectivity index (χ0v) is 22.4. The molecule has 2 aromatic carbocycles. The maximum Gasteiger partial charge on any atom is 0.279 e. The minimum absolute atomic E-state index is 0.0276. The molecule has 4 aromatic rings. The summed E-state index contributed by atoms with van der Waals surface area (Å²) in [6.07, 6.45) is 3.54. The van der Waals surface area contributed by atoms with Gasteiger partial charge in [-0.05, 0) is 29.7 Å². The zero-order chi connectivity index (χ0) is 27.2. The molecule has 1 saturated heterocycles. The molecular weight excluding hydrogens is 516 g/mol. The molecule has 0 aliphatic carbocycles. The van der Waals surface area contributed by atoms with Crippen molar-refractivity contribution in [3.05, 3.63) is 77.8 Å². The Bertz CT molecular complexity index is 1440. The number of nitrogens with one attached hydrogen (secondary N) is 1. The van der Waals surface area contributed by atoms with Crippen molar-refractivity contribution >= 4 is 28.6 Å². The monoisotopic (exact) mass is 546 g/mol. The number of benzene rings is 2. The first-order chi connectivity index (χ1) is 19.1. The zero-order valence-electron chi connectivity index (χ0n) is 21.6. The molecule has 2 aromatic heterocycles. The van der Waals surface area contributed by atoms with E-state index in [2.05, 4.69) is 9.88 Å². The van der Waals surface area contributed by atoms with Gasteiger partial charge in [-0.25, -0.2) is 10.5 Å². The molecule has 1 aliphatic heterocycles. The van der Waals surface area contributed by atoms with Crippen LogP contribution in [0.2, 0.25) is 0 Å². The van der Waals surface area contributed by atoms with Gasteiger partial charge in [-0.1, -0.05) is 36.4 Å². The molecule has 5 rings (SSSR count). The third kappa shape index (κ3) is 6.08. The van der Waals surface area contributed by atoms with Crippen LogP contribution in [0.3, 0.4) is 0 Å². The number of amides is 1. The van der Waals surface area contributed by atoms with Crippen molar-refractivity contribution in [1.82, 2.24) is 15.4 Å². The van der Waals surface area contributed by atoms with Crippen LogP contribution < -0.4 is 19.7 Å². The normalized spacial score (nSPS) is 13.8. The second kappa shape index (κ2) is 12.3. The van der Waals surface area contributed by atoms with E-state index in [1.807, 2.05) is 60.3 Å². The minimum atomic E-state index is -0.795. The third-order valence-corrected chi connectivity index (χ3v) is 7.67. The lowest BCUT2D eigenvalue weighted by Gasteiger charge is -2.25. The van der Waals surface area contributed by atoms with Crippen LogP contribution in [-0.4, -0.2) is 65.9 Å². The first-order valence-electron chi connectivity index (χ1n) is 12.8. The Kier molecular flexibility index (Phi) is 8.45. The molecule has 0 unspecified atom stereocenters. The third-order valence-electron chi connectivity index (χ3n) is 6.73. The predicted molar refractivity (Wildman–Crippen MR) is 151 cm³/mol. The number of fused-ring (bicyclic) bond motifs is 1. The molecule has 202 valence electrons. The smallest absolute Gasteiger partial charge is 0.279 e. The highest BCUT2D eigenvalue weighted by Crippen LogP contribution is 2.36. The second-order valence-corrected chi connectivity index (χ2v) is 10.4. The van der Waals surface area contributed by atoms with Gasteiger partial charge in [0.25, 0.3) is 5.91 Å². The molecule has 1 fully saturated rings. The summed E-state index contributed by atoms with van der Waals surface area (Å²) in [7, 11) is 1.42. The van der Waals surface area contributed by atoms with E-state index in [1.165, 1.54) is 50.2 Å². The van der Waals surface area contributed by atoms with E-state index >= 15 is 0 Å². The summed E-state index contributed by atoms with van der Waals surface area (Å²) in [6, 6.07) is 17.3. The molecule has 0 spiro atoms. The average Bonchev–Trinajstić information content (AvgIpc) is 2.99. The fourth-order valence-corrected chi connectivity index (χ4v) is 5.69. The molecule has 10 heteroatoms. The van der Waals surface area contributed by atoms with Crippen molar-refractivity contribution in [3.8, 4) is 33.9 Å². The average molecular weight is 547 g/mol. The van der Waals surface area contributed by atoms with Crippen molar-refractivity contribution in [2.45, 2.75) is 6.42 Å². The Morgan fingerprint density at radius 1 is 1.08 bits per heavy atom. The van der Waals surface area contributed by atoms with Gasteiger partial charge in [0.1, 0.15) is 17.0 Å². The molecule has 0 saturated carbocycles. The number of carbonyl (C=O) groups excluding carboxylic acids is 1. The van der Waals surface area contributed by atoms with Crippen LogP contribution in [0.4, 0.5) is 0 Å². The number of methoxy groups -OCH3 is 1. The van der Waals surface area contributed by atoms with Crippen LogP contribution >= 0.6 is 11.8 Å². The lowest BCUT2D eigenvalue weighted by molar-refractivity contribution is -0.603. The summed E-state index contributed by atoms with van der Waals surface area (Å²) in [5.41, 5.74) is 5.28. The summed E-state index contributed by atoms with van der Waals surface area (Å²) in [5.74, 6) is 2.66. The minimum Gasteiger partial charge on any atom is -0.619 e. The van der Waals surface area contributed by atoms with Crippen molar-refractivity contribution in [3.63, 3.8) is 0 Å². The number of hydrogen-bond acceptors (Lipinski definition) is 8. The second-order valence-electron chi connectivity index (χ2n) is 9.17. The Hall–Kier alpha value is -3.86. The summed E-state index contributed by atoms with van der Waals surface area (Å²) in [4.78, 5) is 19.7. The van der Waals surface area contributed by atoms with Crippen LogP contribution in [0, 0.1) is 5.21 Å². The number of ether oxygens (including phenoxy) is 2. The molecule has 39 heavy (non-hydrogen) atoms. The molecule has 1 aliphatic rings. The number of aromatic nitrogens is 2. The Morgan fingerprint density at radius 3 is 2.41 bits per heavy atom. The number of rotatable bonds is 9.